The third-order valence-corrected chi connectivity index (χ3v) is 6.51. The third-order valence-electron chi connectivity index (χ3n) is 3.85. The molecule has 0 heterocycles. The maximum atomic E-state index is 12.1. The average molecular weight is 471 g/mol. The molecule has 2 rings (SSSR count). The summed E-state index contributed by atoms with van der Waals surface area (Å²) in [7, 11) is -8.14. The highest BCUT2D eigenvalue weighted by Gasteiger charge is 2.19. The molecule has 12 heteroatoms. The van der Waals surface area contributed by atoms with Crippen molar-refractivity contribution in [3.8, 4) is 0 Å². The number of hydrogen-bond donors (Lipinski definition) is 2. The quantitative estimate of drug-likeness (QED) is 0.559. The van der Waals surface area contributed by atoms with E-state index in [4.69, 9.17) is 9.47 Å². The average Bonchev–Trinajstić information content (AvgIpc) is 2.67. The van der Waals surface area contributed by atoms with E-state index in [0.29, 0.717) is 0 Å². The van der Waals surface area contributed by atoms with Crippen LogP contribution in [0.1, 0.15) is 17.5 Å². The highest BCUT2D eigenvalue weighted by Crippen LogP contribution is 2.11. The molecule has 2 aromatic carbocycles. The molecule has 0 saturated heterocycles. The van der Waals surface area contributed by atoms with Crippen LogP contribution in [0.2, 0.25) is 0 Å². The molecule has 0 saturated carbocycles. The van der Waals surface area contributed by atoms with E-state index in [1.54, 1.807) is 47.6 Å². The monoisotopic (exact) mass is 470 g/mol. The van der Waals surface area contributed by atoms with Crippen molar-refractivity contribution in [3.05, 3.63) is 59.7 Å². The molecule has 31 heavy (non-hydrogen) atoms. The second-order valence-electron chi connectivity index (χ2n) is 6.46. The van der Waals surface area contributed by atoms with E-state index in [-0.39, 0.29) is 29.4 Å². The number of amides is 2. The molecule has 0 fully saturated rings. The zero-order chi connectivity index (χ0) is 23.1. The van der Waals surface area contributed by atoms with E-state index >= 15 is 0 Å². The molecule has 10 nitrogen and oxygen atoms in total. The van der Waals surface area contributed by atoms with Gasteiger partial charge in [0.1, 0.15) is 0 Å². The lowest BCUT2D eigenvalue weighted by Crippen LogP contribution is -2.32. The number of benzene rings is 2. The largest absolute Gasteiger partial charge is 0.449 e. The highest BCUT2D eigenvalue weighted by atomic mass is 32.2. The molecule has 0 spiro atoms. The summed E-state index contributed by atoms with van der Waals surface area (Å²) in [4.78, 5) is 23.1. The predicted molar refractivity (Wildman–Crippen MR) is 110 cm³/mol. The third kappa shape index (κ3) is 7.57. The summed E-state index contributed by atoms with van der Waals surface area (Å²) < 4.78 is 61.2. The fourth-order valence-corrected chi connectivity index (χ4v) is 4.00. The number of aryl methyl sites for hydroxylation is 2. The minimum Gasteiger partial charge on any atom is -0.449 e. The van der Waals surface area contributed by atoms with E-state index in [1.807, 2.05) is 0 Å². The Kier molecular flexibility index (Phi) is 8.00. The minimum atomic E-state index is -4.07. The van der Waals surface area contributed by atoms with Crippen molar-refractivity contribution < 1.29 is 35.9 Å². The summed E-state index contributed by atoms with van der Waals surface area (Å²) in [6.07, 6.45) is -2.35. The summed E-state index contributed by atoms with van der Waals surface area (Å²) in [6.45, 7) is 3.07. The Bertz CT molecular complexity index is 1030. The molecule has 0 radical (unpaired) electrons. The first-order valence-corrected chi connectivity index (χ1v) is 12.0. The van der Waals surface area contributed by atoms with Gasteiger partial charge in [-0.1, -0.05) is 35.4 Å². The van der Waals surface area contributed by atoms with E-state index in [2.05, 4.69) is 0 Å². The second kappa shape index (κ2) is 10.3. The van der Waals surface area contributed by atoms with Crippen LogP contribution < -0.4 is 9.44 Å². The number of hydrogen-bond acceptors (Lipinski definition) is 8. The molecule has 0 unspecified atom stereocenters. The zero-order valence-corrected chi connectivity index (χ0v) is 18.5. The van der Waals surface area contributed by atoms with Gasteiger partial charge in [0.25, 0.3) is 20.0 Å². The fourth-order valence-electron chi connectivity index (χ4n) is 2.22. The van der Waals surface area contributed by atoms with Gasteiger partial charge in [0, 0.05) is 6.42 Å². The van der Waals surface area contributed by atoms with Crippen molar-refractivity contribution in [1.82, 2.24) is 9.44 Å². The Morgan fingerprint density at radius 2 is 1.00 bits per heavy atom. The lowest BCUT2D eigenvalue weighted by molar-refractivity contribution is 0.124. The summed E-state index contributed by atoms with van der Waals surface area (Å²) in [6, 6.07) is 11.7. The summed E-state index contributed by atoms with van der Waals surface area (Å²) in [5.41, 5.74) is 1.72. The van der Waals surface area contributed by atoms with Crippen molar-refractivity contribution in [3.63, 3.8) is 0 Å². The number of carbonyl (C=O) groups excluding carboxylic acids is 2. The van der Waals surface area contributed by atoms with Gasteiger partial charge in [0.05, 0.1) is 23.0 Å². The van der Waals surface area contributed by atoms with Gasteiger partial charge in [-0.25, -0.2) is 35.9 Å². The van der Waals surface area contributed by atoms with Crippen LogP contribution in [0, 0.1) is 13.8 Å². The molecule has 0 aliphatic rings. The van der Waals surface area contributed by atoms with Gasteiger partial charge in [-0.3, -0.25) is 0 Å². The van der Waals surface area contributed by atoms with Crippen molar-refractivity contribution in [2.45, 2.75) is 30.1 Å². The van der Waals surface area contributed by atoms with Crippen LogP contribution >= 0.6 is 0 Å². The molecule has 0 bridgehead atoms. The number of nitrogens with one attached hydrogen (secondary N) is 2. The van der Waals surface area contributed by atoms with Crippen LogP contribution in [0.5, 0.6) is 0 Å². The molecule has 0 aliphatic carbocycles. The summed E-state index contributed by atoms with van der Waals surface area (Å²) in [5, 5.41) is 0. The smallest absolute Gasteiger partial charge is 0.421 e. The van der Waals surface area contributed by atoms with Gasteiger partial charge in [0.2, 0.25) is 0 Å². The second-order valence-corrected chi connectivity index (χ2v) is 9.83. The van der Waals surface area contributed by atoms with Crippen molar-refractivity contribution in [2.75, 3.05) is 13.2 Å². The van der Waals surface area contributed by atoms with E-state index in [1.165, 1.54) is 24.3 Å². The van der Waals surface area contributed by atoms with Crippen LogP contribution in [0.15, 0.2) is 58.3 Å². The van der Waals surface area contributed by atoms with Crippen LogP contribution in [0.4, 0.5) is 9.59 Å². The topological polar surface area (TPSA) is 145 Å². The Hall–Kier alpha value is -3.12. The molecule has 2 aromatic rings. The molecule has 2 amide bonds. The Morgan fingerprint density at radius 1 is 0.677 bits per heavy atom. The summed E-state index contributed by atoms with van der Waals surface area (Å²) in [5.74, 6) is 0. The van der Waals surface area contributed by atoms with Crippen LogP contribution in [-0.2, 0) is 29.5 Å². The van der Waals surface area contributed by atoms with Gasteiger partial charge in [-0.15, -0.1) is 0 Å². The summed E-state index contributed by atoms with van der Waals surface area (Å²) >= 11 is 0. The fraction of sp³-hybridized carbons (Fsp3) is 0.263. The van der Waals surface area contributed by atoms with Crippen molar-refractivity contribution >= 4 is 32.2 Å². The first kappa shape index (κ1) is 24.2. The maximum Gasteiger partial charge on any atom is 0.421 e. The zero-order valence-electron chi connectivity index (χ0n) is 16.8. The van der Waals surface area contributed by atoms with Crippen LogP contribution in [0.25, 0.3) is 0 Å². The number of sulfonamides is 2. The van der Waals surface area contributed by atoms with Gasteiger partial charge in [-0.2, -0.15) is 0 Å². The molecule has 0 aromatic heterocycles. The van der Waals surface area contributed by atoms with Crippen LogP contribution in [0.3, 0.4) is 0 Å². The highest BCUT2D eigenvalue weighted by molar-refractivity contribution is 7.90. The Balaban J connectivity index is 1.71. The Labute approximate surface area is 180 Å². The molecular formula is C19H22N2O8S2. The molecular weight excluding hydrogens is 448 g/mol. The minimum absolute atomic E-state index is 0.0238. The van der Waals surface area contributed by atoms with Gasteiger partial charge in [0.15, 0.2) is 0 Å². The molecule has 0 atom stereocenters. The Morgan fingerprint density at radius 3 is 1.32 bits per heavy atom. The van der Waals surface area contributed by atoms with E-state index in [0.717, 1.165) is 11.1 Å². The predicted octanol–water partition coefficient (Wildman–Crippen LogP) is 2.22. The van der Waals surface area contributed by atoms with Crippen LogP contribution in [-0.4, -0.2) is 42.2 Å². The molecule has 168 valence electrons. The molecule has 0 aliphatic heterocycles. The van der Waals surface area contributed by atoms with Crippen molar-refractivity contribution in [1.29, 1.82) is 0 Å². The van der Waals surface area contributed by atoms with Gasteiger partial charge < -0.3 is 9.47 Å². The normalized spacial score (nSPS) is 11.4. The number of carbonyl (C=O) groups is 2. The number of rotatable bonds is 8. The van der Waals surface area contributed by atoms with Gasteiger partial charge in [-0.05, 0) is 38.1 Å². The van der Waals surface area contributed by atoms with E-state index in [9.17, 15) is 26.4 Å². The van der Waals surface area contributed by atoms with Gasteiger partial charge >= 0.3 is 12.2 Å². The SMILES string of the molecule is Cc1ccc(S(=O)(=O)NC(=O)OCCCOC(=O)NS(=O)(=O)c2ccc(C)cc2)cc1. The maximum absolute atomic E-state index is 12.1. The standard InChI is InChI=1S/C19H22N2O8S2/c1-14-4-8-16(9-5-14)30(24,25)20-18(22)28-12-3-13-29-19(23)21-31(26,27)17-10-6-15(2)7-11-17/h4-11H,3,12-13H2,1-2H3,(H,20,22)(H,21,23). The van der Waals surface area contributed by atoms with E-state index < -0.39 is 32.2 Å². The van der Waals surface area contributed by atoms with Crippen molar-refractivity contribution in [2.24, 2.45) is 0 Å². The lowest BCUT2D eigenvalue weighted by atomic mass is 10.2. The lowest BCUT2D eigenvalue weighted by Gasteiger charge is -2.09. The first-order valence-electron chi connectivity index (χ1n) is 9.02. The first-order chi connectivity index (χ1) is 14.5. The number of ether oxygens (including phenoxy) is 2. The molecule has 2 N–H and O–H groups in total.